The van der Waals surface area contributed by atoms with Crippen LogP contribution in [0.1, 0.15) is 54.7 Å². The number of carbonyl (C=O) groups excluding carboxylic acids is 1. The van der Waals surface area contributed by atoms with Crippen molar-refractivity contribution in [1.82, 2.24) is 9.55 Å². The Morgan fingerprint density at radius 1 is 1.25 bits per heavy atom. The number of thiophene rings is 1. The average Bonchev–Trinajstić information content (AvgIpc) is 3.12. The fraction of sp³-hybridized carbons (Fsp3) is 0.480. The summed E-state index contributed by atoms with van der Waals surface area (Å²) in [6.07, 6.45) is 5.24. The molecule has 0 fully saturated rings. The highest BCUT2D eigenvalue weighted by molar-refractivity contribution is 7.99. The maximum Gasteiger partial charge on any atom is 0.263 e. The van der Waals surface area contributed by atoms with E-state index in [1.54, 1.807) is 15.9 Å². The van der Waals surface area contributed by atoms with Gasteiger partial charge in [-0.2, -0.15) is 0 Å². The van der Waals surface area contributed by atoms with E-state index in [0.717, 1.165) is 52.7 Å². The van der Waals surface area contributed by atoms with E-state index in [2.05, 4.69) is 19.2 Å². The normalized spacial score (nSPS) is 13.5. The van der Waals surface area contributed by atoms with Gasteiger partial charge in [0.05, 0.1) is 11.1 Å². The lowest BCUT2D eigenvalue weighted by atomic mass is 9.97. The Morgan fingerprint density at radius 2 is 2.03 bits per heavy atom. The van der Waals surface area contributed by atoms with Crippen LogP contribution >= 0.6 is 23.1 Å². The fourth-order valence-corrected chi connectivity index (χ4v) is 6.23. The number of anilines is 1. The van der Waals surface area contributed by atoms with Crippen LogP contribution in [0, 0.1) is 19.8 Å². The lowest BCUT2D eigenvalue weighted by Crippen LogP contribution is -2.25. The Hall–Kier alpha value is -2.12. The molecule has 1 N–H and O–H groups in total. The average molecular weight is 470 g/mol. The van der Waals surface area contributed by atoms with Crippen molar-refractivity contribution >= 4 is 44.9 Å². The summed E-state index contributed by atoms with van der Waals surface area (Å²) >= 11 is 3.02. The molecule has 0 saturated heterocycles. The Bertz CT molecular complexity index is 1210. The first-order valence-electron chi connectivity index (χ1n) is 11.4. The first-order chi connectivity index (χ1) is 15.3. The van der Waals surface area contributed by atoms with Gasteiger partial charge in [0.1, 0.15) is 4.83 Å². The molecule has 7 heteroatoms. The van der Waals surface area contributed by atoms with Gasteiger partial charge >= 0.3 is 0 Å². The summed E-state index contributed by atoms with van der Waals surface area (Å²) in [5.74, 6) is 0.622. The highest BCUT2D eigenvalue weighted by Crippen LogP contribution is 2.34. The molecule has 0 saturated carbocycles. The van der Waals surface area contributed by atoms with Gasteiger partial charge in [0.25, 0.3) is 5.56 Å². The number of aromatic nitrogens is 2. The van der Waals surface area contributed by atoms with E-state index in [1.807, 2.05) is 32.0 Å². The van der Waals surface area contributed by atoms with Crippen molar-refractivity contribution < 1.29 is 4.79 Å². The third kappa shape index (κ3) is 4.94. The summed E-state index contributed by atoms with van der Waals surface area (Å²) in [4.78, 5) is 33.3. The molecule has 1 aliphatic carbocycles. The van der Waals surface area contributed by atoms with Crippen molar-refractivity contribution in [3.63, 3.8) is 0 Å². The van der Waals surface area contributed by atoms with E-state index in [-0.39, 0.29) is 17.2 Å². The van der Waals surface area contributed by atoms with Crippen LogP contribution in [-0.2, 0) is 24.2 Å². The van der Waals surface area contributed by atoms with E-state index >= 15 is 0 Å². The minimum absolute atomic E-state index is 0.0625. The van der Waals surface area contributed by atoms with E-state index in [9.17, 15) is 9.59 Å². The molecule has 1 aromatic carbocycles. The predicted molar refractivity (Wildman–Crippen MR) is 135 cm³/mol. The van der Waals surface area contributed by atoms with Gasteiger partial charge in [0.15, 0.2) is 5.16 Å². The van der Waals surface area contributed by atoms with Crippen LogP contribution in [-0.4, -0.2) is 21.2 Å². The molecule has 2 heterocycles. The van der Waals surface area contributed by atoms with Gasteiger partial charge in [0, 0.05) is 17.1 Å². The Labute approximate surface area is 197 Å². The van der Waals surface area contributed by atoms with Gasteiger partial charge in [-0.3, -0.25) is 14.2 Å². The maximum atomic E-state index is 13.5. The van der Waals surface area contributed by atoms with Crippen LogP contribution in [0.4, 0.5) is 5.69 Å². The largest absolute Gasteiger partial charge is 0.325 e. The van der Waals surface area contributed by atoms with Crippen LogP contribution < -0.4 is 10.9 Å². The number of aryl methyl sites for hydroxylation is 4. The van der Waals surface area contributed by atoms with E-state index in [0.29, 0.717) is 17.6 Å². The number of hydrogen-bond donors (Lipinski definition) is 1. The molecule has 170 valence electrons. The van der Waals surface area contributed by atoms with Crippen LogP contribution in [0.5, 0.6) is 0 Å². The number of nitrogens with zero attached hydrogens (tertiary/aromatic N) is 2. The van der Waals surface area contributed by atoms with Gasteiger partial charge < -0.3 is 5.32 Å². The number of rotatable bonds is 7. The number of nitrogens with one attached hydrogen (secondary N) is 1. The molecule has 0 unspecified atom stereocenters. The number of carbonyl (C=O) groups is 1. The molecule has 3 aromatic rings. The Morgan fingerprint density at radius 3 is 2.81 bits per heavy atom. The second-order valence-electron chi connectivity index (χ2n) is 9.08. The molecule has 4 rings (SSSR count). The first kappa shape index (κ1) is 23.1. The molecule has 0 radical (unpaired) electrons. The van der Waals surface area contributed by atoms with E-state index in [1.165, 1.54) is 28.6 Å². The minimum Gasteiger partial charge on any atom is -0.325 e. The Kier molecular flexibility index (Phi) is 7.05. The molecular formula is C25H31N3O2S2. The zero-order valence-electron chi connectivity index (χ0n) is 19.3. The Balaban J connectivity index is 1.61. The van der Waals surface area contributed by atoms with Gasteiger partial charge in [-0.25, -0.2) is 4.98 Å². The van der Waals surface area contributed by atoms with Crippen LogP contribution in [0.25, 0.3) is 10.2 Å². The summed E-state index contributed by atoms with van der Waals surface area (Å²) in [6, 6.07) is 6.03. The summed E-state index contributed by atoms with van der Waals surface area (Å²) < 4.78 is 1.81. The van der Waals surface area contributed by atoms with Gasteiger partial charge in [-0.15, -0.1) is 11.3 Å². The van der Waals surface area contributed by atoms with Crippen molar-refractivity contribution in [2.75, 3.05) is 11.1 Å². The van der Waals surface area contributed by atoms with Gasteiger partial charge in [-0.05, 0) is 74.6 Å². The molecular weight excluding hydrogens is 438 g/mol. The quantitative estimate of drug-likeness (QED) is 0.354. The second-order valence-corrected chi connectivity index (χ2v) is 11.1. The molecule has 0 bridgehead atoms. The molecule has 1 amide bonds. The smallest absolute Gasteiger partial charge is 0.263 e. The first-order valence-corrected chi connectivity index (χ1v) is 13.2. The summed E-state index contributed by atoms with van der Waals surface area (Å²) in [5.41, 5.74) is 4.26. The number of thioether (sulfide) groups is 1. The molecule has 5 nitrogen and oxygen atoms in total. The SMILES string of the molecule is Cc1ccc(C)c(NC(=O)CSc2nc3sc4c(c3c(=O)n2CCC(C)C)CCCC4)c1. The van der Waals surface area contributed by atoms with E-state index < -0.39 is 0 Å². The molecule has 0 aliphatic heterocycles. The second kappa shape index (κ2) is 9.79. The monoisotopic (exact) mass is 469 g/mol. The van der Waals surface area contributed by atoms with Crippen molar-refractivity contribution in [1.29, 1.82) is 0 Å². The predicted octanol–water partition coefficient (Wildman–Crippen LogP) is 5.73. The van der Waals surface area contributed by atoms with Crippen LogP contribution in [0.15, 0.2) is 28.2 Å². The summed E-state index contributed by atoms with van der Waals surface area (Å²) in [7, 11) is 0. The molecule has 0 spiro atoms. The topological polar surface area (TPSA) is 64.0 Å². The number of fused-ring (bicyclic) bond motifs is 3. The lowest BCUT2D eigenvalue weighted by molar-refractivity contribution is -0.113. The van der Waals surface area contributed by atoms with Crippen molar-refractivity contribution in [2.24, 2.45) is 5.92 Å². The summed E-state index contributed by atoms with van der Waals surface area (Å²) in [5, 5.41) is 4.48. The van der Waals surface area contributed by atoms with Gasteiger partial charge in [-0.1, -0.05) is 37.7 Å². The zero-order valence-corrected chi connectivity index (χ0v) is 20.9. The highest BCUT2D eigenvalue weighted by Gasteiger charge is 2.22. The third-order valence-corrected chi connectivity index (χ3v) is 8.13. The molecule has 0 atom stereocenters. The third-order valence-electron chi connectivity index (χ3n) is 5.97. The van der Waals surface area contributed by atoms with E-state index in [4.69, 9.17) is 4.98 Å². The minimum atomic E-state index is -0.0843. The van der Waals surface area contributed by atoms with Crippen molar-refractivity contribution in [3.8, 4) is 0 Å². The van der Waals surface area contributed by atoms with Crippen LogP contribution in [0.3, 0.4) is 0 Å². The highest BCUT2D eigenvalue weighted by atomic mass is 32.2. The molecule has 32 heavy (non-hydrogen) atoms. The maximum absolute atomic E-state index is 13.5. The fourth-order valence-electron chi connectivity index (χ4n) is 4.10. The standard InChI is InChI=1S/C25H31N3O2S2/c1-15(2)11-12-28-24(30)22-18-7-5-6-8-20(18)32-23(22)27-25(28)31-14-21(29)26-19-13-16(3)9-10-17(19)4/h9-10,13,15H,5-8,11-12,14H2,1-4H3,(H,26,29). The van der Waals surface area contributed by atoms with Crippen molar-refractivity contribution in [2.45, 2.75) is 71.5 Å². The number of amides is 1. The molecule has 1 aliphatic rings. The van der Waals surface area contributed by atoms with Crippen LogP contribution in [0.2, 0.25) is 0 Å². The number of hydrogen-bond acceptors (Lipinski definition) is 5. The summed E-state index contributed by atoms with van der Waals surface area (Å²) in [6.45, 7) is 8.95. The zero-order chi connectivity index (χ0) is 22.8. The van der Waals surface area contributed by atoms with Gasteiger partial charge in [0.2, 0.25) is 5.91 Å². The molecule has 2 aromatic heterocycles. The lowest BCUT2D eigenvalue weighted by Gasteiger charge is -2.15. The van der Waals surface area contributed by atoms with Crippen molar-refractivity contribution in [3.05, 3.63) is 50.1 Å². The number of benzene rings is 1.